The van der Waals surface area contributed by atoms with Crippen molar-refractivity contribution in [2.75, 3.05) is 32.6 Å². The third-order valence-electron chi connectivity index (χ3n) is 5.86. The summed E-state index contributed by atoms with van der Waals surface area (Å²) >= 11 is 0. The Hall–Kier alpha value is -2.60. The summed E-state index contributed by atoms with van der Waals surface area (Å²) in [5.41, 5.74) is 3.10. The number of hydrogen-bond acceptors (Lipinski definition) is 5. The van der Waals surface area contributed by atoms with E-state index in [4.69, 9.17) is 4.74 Å². The van der Waals surface area contributed by atoms with Crippen LogP contribution in [0.15, 0.2) is 36.5 Å². The van der Waals surface area contributed by atoms with E-state index in [-0.39, 0.29) is 11.8 Å². The van der Waals surface area contributed by atoms with Crippen molar-refractivity contribution in [3.63, 3.8) is 0 Å². The fourth-order valence-corrected chi connectivity index (χ4v) is 3.99. The maximum atomic E-state index is 12.7. The second-order valence-electron chi connectivity index (χ2n) is 8.11. The molecule has 0 aliphatic heterocycles. The minimum Gasteiger partial charge on any atom is -0.494 e. The highest BCUT2D eigenvalue weighted by atomic mass is 16.5. The fraction of sp³-hybridized carbons (Fsp3) is 0.500. The van der Waals surface area contributed by atoms with Crippen molar-refractivity contribution in [3.8, 4) is 16.9 Å². The number of rotatable bonds is 8. The van der Waals surface area contributed by atoms with E-state index >= 15 is 0 Å². The Labute approximate surface area is 180 Å². The summed E-state index contributed by atoms with van der Waals surface area (Å²) in [7, 11) is 5.95. The summed E-state index contributed by atoms with van der Waals surface area (Å²) in [5, 5.41) is 6.46. The first-order valence-electron chi connectivity index (χ1n) is 10.9. The Morgan fingerprint density at radius 3 is 2.47 bits per heavy atom. The molecule has 1 amide bonds. The van der Waals surface area contributed by atoms with Gasteiger partial charge in [-0.05, 0) is 69.5 Å². The van der Waals surface area contributed by atoms with Crippen LogP contribution in [0.3, 0.4) is 0 Å². The van der Waals surface area contributed by atoms with Gasteiger partial charge in [-0.25, -0.2) is 4.98 Å². The Morgan fingerprint density at radius 1 is 1.13 bits per heavy atom. The quantitative estimate of drug-likeness (QED) is 0.696. The van der Waals surface area contributed by atoms with Crippen molar-refractivity contribution in [1.29, 1.82) is 0 Å². The number of ether oxygens (including phenoxy) is 1. The molecule has 3 rings (SSSR count). The molecule has 30 heavy (non-hydrogen) atoms. The van der Waals surface area contributed by atoms with Gasteiger partial charge in [0.1, 0.15) is 11.6 Å². The molecule has 1 aliphatic rings. The summed E-state index contributed by atoms with van der Waals surface area (Å²) in [6.45, 7) is 3.03. The lowest BCUT2D eigenvalue weighted by Gasteiger charge is -2.27. The molecule has 0 spiro atoms. The van der Waals surface area contributed by atoms with Gasteiger partial charge in [-0.2, -0.15) is 0 Å². The number of hydrogen-bond donors (Lipinski definition) is 2. The highest BCUT2D eigenvalue weighted by Crippen LogP contribution is 2.28. The zero-order chi connectivity index (χ0) is 21.5. The standard InChI is InChI=1S/C24H34N4O2/c1-5-30-22-12-8-18(19-9-13-23(26-15-19)28(3)4)14-20(22)16-27-24(29)17-6-10-21(25-2)11-7-17/h8-9,12-15,17,21,25H,5-7,10-11,16H2,1-4H3,(H,27,29). The van der Waals surface area contributed by atoms with E-state index in [1.54, 1.807) is 0 Å². The van der Waals surface area contributed by atoms with E-state index in [0.717, 1.165) is 53.9 Å². The van der Waals surface area contributed by atoms with Gasteiger partial charge in [0.05, 0.1) is 6.61 Å². The Balaban J connectivity index is 1.71. The van der Waals surface area contributed by atoms with E-state index in [0.29, 0.717) is 19.2 Å². The van der Waals surface area contributed by atoms with Gasteiger partial charge >= 0.3 is 0 Å². The van der Waals surface area contributed by atoms with Gasteiger partial charge in [0.15, 0.2) is 0 Å². The van der Waals surface area contributed by atoms with E-state index in [1.807, 2.05) is 57.4 Å². The number of aromatic nitrogens is 1. The molecule has 0 radical (unpaired) electrons. The lowest BCUT2D eigenvalue weighted by molar-refractivity contribution is -0.126. The van der Waals surface area contributed by atoms with Crippen LogP contribution in [0.25, 0.3) is 11.1 Å². The number of nitrogens with zero attached hydrogens (tertiary/aromatic N) is 2. The average Bonchev–Trinajstić information content (AvgIpc) is 2.78. The van der Waals surface area contributed by atoms with Crippen LogP contribution >= 0.6 is 0 Å². The number of pyridine rings is 1. The number of amides is 1. The summed E-state index contributed by atoms with van der Waals surface area (Å²) < 4.78 is 5.80. The van der Waals surface area contributed by atoms with Gasteiger partial charge in [0, 0.05) is 49.9 Å². The first-order valence-corrected chi connectivity index (χ1v) is 10.9. The summed E-state index contributed by atoms with van der Waals surface area (Å²) in [4.78, 5) is 19.2. The highest BCUT2D eigenvalue weighted by molar-refractivity contribution is 5.79. The third-order valence-corrected chi connectivity index (χ3v) is 5.86. The van der Waals surface area contributed by atoms with Crippen LogP contribution in [0.1, 0.15) is 38.2 Å². The molecule has 1 aromatic carbocycles. The largest absolute Gasteiger partial charge is 0.494 e. The van der Waals surface area contributed by atoms with Gasteiger partial charge < -0.3 is 20.3 Å². The second kappa shape index (κ2) is 10.4. The van der Waals surface area contributed by atoms with Gasteiger partial charge in [0.2, 0.25) is 5.91 Å². The zero-order valence-electron chi connectivity index (χ0n) is 18.6. The molecule has 1 fully saturated rings. The van der Waals surface area contributed by atoms with Crippen LogP contribution in [0.2, 0.25) is 0 Å². The molecule has 0 saturated heterocycles. The molecule has 162 valence electrons. The van der Waals surface area contributed by atoms with Gasteiger partial charge in [-0.15, -0.1) is 0 Å². The molecule has 6 heteroatoms. The second-order valence-corrected chi connectivity index (χ2v) is 8.11. The van der Waals surface area contributed by atoms with Crippen molar-refractivity contribution in [3.05, 3.63) is 42.1 Å². The van der Waals surface area contributed by atoms with Crippen LogP contribution in [-0.4, -0.2) is 44.7 Å². The maximum absolute atomic E-state index is 12.7. The molecule has 0 bridgehead atoms. The van der Waals surface area contributed by atoms with E-state index < -0.39 is 0 Å². The highest BCUT2D eigenvalue weighted by Gasteiger charge is 2.25. The van der Waals surface area contributed by atoms with Crippen LogP contribution in [-0.2, 0) is 11.3 Å². The summed E-state index contributed by atoms with van der Waals surface area (Å²) in [5.74, 6) is 1.99. The third kappa shape index (κ3) is 5.51. The number of carbonyl (C=O) groups excluding carboxylic acids is 1. The molecular formula is C24H34N4O2. The molecule has 2 N–H and O–H groups in total. The van der Waals surface area contributed by atoms with Crippen molar-refractivity contribution in [2.24, 2.45) is 5.92 Å². The Kier molecular flexibility index (Phi) is 7.69. The monoisotopic (exact) mass is 410 g/mol. The van der Waals surface area contributed by atoms with Crippen LogP contribution < -0.4 is 20.3 Å². The SMILES string of the molecule is CCOc1ccc(-c2ccc(N(C)C)nc2)cc1CNC(=O)C1CCC(NC)CC1. The Bertz CT molecular complexity index is 828. The van der Waals surface area contributed by atoms with Crippen LogP contribution in [0.5, 0.6) is 5.75 Å². The van der Waals surface area contributed by atoms with Crippen molar-refractivity contribution in [2.45, 2.75) is 45.2 Å². The van der Waals surface area contributed by atoms with Gasteiger partial charge in [-0.3, -0.25) is 4.79 Å². The number of carbonyl (C=O) groups is 1. The molecule has 2 aromatic rings. The normalized spacial score (nSPS) is 18.7. The van der Waals surface area contributed by atoms with Crippen LogP contribution in [0, 0.1) is 5.92 Å². The fourth-order valence-electron chi connectivity index (χ4n) is 3.99. The smallest absolute Gasteiger partial charge is 0.223 e. The maximum Gasteiger partial charge on any atom is 0.223 e. The molecular weight excluding hydrogens is 376 g/mol. The lowest BCUT2D eigenvalue weighted by atomic mass is 9.85. The minimum absolute atomic E-state index is 0.108. The summed E-state index contributed by atoms with van der Waals surface area (Å²) in [6, 6.07) is 10.7. The van der Waals surface area contributed by atoms with Crippen LogP contribution in [0.4, 0.5) is 5.82 Å². The van der Waals surface area contributed by atoms with Gasteiger partial charge in [-0.1, -0.05) is 6.07 Å². The molecule has 0 atom stereocenters. The van der Waals surface area contributed by atoms with E-state index in [9.17, 15) is 4.79 Å². The first kappa shape index (κ1) is 22.1. The number of benzene rings is 1. The van der Waals surface area contributed by atoms with Crippen molar-refractivity contribution < 1.29 is 9.53 Å². The molecule has 6 nitrogen and oxygen atoms in total. The van der Waals surface area contributed by atoms with Crippen molar-refractivity contribution in [1.82, 2.24) is 15.6 Å². The average molecular weight is 411 g/mol. The topological polar surface area (TPSA) is 66.5 Å². The first-order chi connectivity index (χ1) is 14.5. The number of nitrogens with one attached hydrogen (secondary N) is 2. The van der Waals surface area contributed by atoms with Gasteiger partial charge in [0.25, 0.3) is 0 Å². The minimum atomic E-state index is 0.108. The predicted molar refractivity (Wildman–Crippen MR) is 122 cm³/mol. The van der Waals surface area contributed by atoms with E-state index in [1.165, 1.54) is 0 Å². The van der Waals surface area contributed by atoms with Crippen molar-refractivity contribution >= 4 is 11.7 Å². The molecule has 1 saturated carbocycles. The van der Waals surface area contributed by atoms with E-state index in [2.05, 4.69) is 27.8 Å². The predicted octanol–water partition coefficient (Wildman–Crippen LogP) is 3.61. The molecule has 1 aromatic heterocycles. The Morgan fingerprint density at radius 2 is 1.87 bits per heavy atom. The zero-order valence-corrected chi connectivity index (χ0v) is 18.6. The molecule has 0 unspecified atom stereocenters. The molecule has 1 aliphatic carbocycles. The lowest BCUT2D eigenvalue weighted by Crippen LogP contribution is -2.37. The molecule has 1 heterocycles. The number of anilines is 1. The summed E-state index contributed by atoms with van der Waals surface area (Å²) in [6.07, 6.45) is 5.89.